The predicted octanol–water partition coefficient (Wildman–Crippen LogP) is 2.31. The van der Waals surface area contributed by atoms with Crippen molar-refractivity contribution >= 4 is 17.5 Å². The SMILES string of the molecule is C=C/C=C(\C)CCNC(=C)CN(C)C(=O)CCl. The molecule has 0 spiro atoms. The molecule has 0 heterocycles. The van der Waals surface area contributed by atoms with Crippen LogP contribution in [0.5, 0.6) is 0 Å². The number of likely N-dealkylation sites (N-methyl/N-ethyl adjacent to an activating group) is 1. The fraction of sp³-hybridized carbons (Fsp3) is 0.462. The molecule has 0 radical (unpaired) electrons. The lowest BCUT2D eigenvalue weighted by molar-refractivity contribution is -0.126. The van der Waals surface area contributed by atoms with Crippen molar-refractivity contribution in [3.05, 3.63) is 36.6 Å². The van der Waals surface area contributed by atoms with E-state index in [1.807, 2.05) is 6.08 Å². The first kappa shape index (κ1) is 15.8. The van der Waals surface area contributed by atoms with Crippen LogP contribution in [0, 0.1) is 0 Å². The summed E-state index contributed by atoms with van der Waals surface area (Å²) in [5.41, 5.74) is 2.07. The van der Waals surface area contributed by atoms with E-state index < -0.39 is 0 Å². The maximum Gasteiger partial charge on any atom is 0.237 e. The van der Waals surface area contributed by atoms with Gasteiger partial charge in [0.2, 0.25) is 5.91 Å². The first-order valence-corrected chi connectivity index (χ1v) is 6.04. The minimum Gasteiger partial charge on any atom is -0.387 e. The third-order valence-electron chi connectivity index (χ3n) is 2.26. The number of halogens is 1. The number of carbonyl (C=O) groups excluding carboxylic acids is 1. The Labute approximate surface area is 109 Å². The van der Waals surface area contributed by atoms with Gasteiger partial charge in [-0.15, -0.1) is 11.6 Å². The molecule has 0 rings (SSSR count). The smallest absolute Gasteiger partial charge is 0.237 e. The molecule has 0 aliphatic heterocycles. The Balaban J connectivity index is 3.84. The van der Waals surface area contributed by atoms with Crippen LogP contribution in [-0.4, -0.2) is 36.8 Å². The average molecular weight is 257 g/mol. The normalized spacial score (nSPS) is 10.9. The maximum absolute atomic E-state index is 11.2. The average Bonchev–Trinajstić information content (AvgIpc) is 2.28. The number of rotatable bonds is 8. The molecule has 0 atom stereocenters. The van der Waals surface area contributed by atoms with Crippen molar-refractivity contribution in [3.63, 3.8) is 0 Å². The summed E-state index contributed by atoms with van der Waals surface area (Å²) < 4.78 is 0. The number of alkyl halides is 1. The van der Waals surface area contributed by atoms with E-state index in [9.17, 15) is 4.79 Å². The number of amides is 1. The van der Waals surface area contributed by atoms with Gasteiger partial charge in [-0.2, -0.15) is 0 Å². The minimum atomic E-state index is -0.0997. The van der Waals surface area contributed by atoms with E-state index in [0.29, 0.717) is 6.54 Å². The second-order valence-corrected chi connectivity index (χ2v) is 4.18. The van der Waals surface area contributed by atoms with Crippen LogP contribution in [0.2, 0.25) is 0 Å². The van der Waals surface area contributed by atoms with Crippen LogP contribution in [0.3, 0.4) is 0 Å². The van der Waals surface area contributed by atoms with Crippen LogP contribution in [-0.2, 0) is 4.79 Å². The van der Waals surface area contributed by atoms with Gasteiger partial charge in [0.05, 0.1) is 6.54 Å². The van der Waals surface area contributed by atoms with Gasteiger partial charge < -0.3 is 10.2 Å². The van der Waals surface area contributed by atoms with E-state index in [-0.39, 0.29) is 11.8 Å². The summed E-state index contributed by atoms with van der Waals surface area (Å²) in [4.78, 5) is 12.8. The Bertz CT molecular complexity index is 311. The Kier molecular flexibility index (Phi) is 8.24. The number of carbonyl (C=O) groups is 1. The fourth-order valence-electron chi connectivity index (χ4n) is 1.25. The van der Waals surface area contributed by atoms with Gasteiger partial charge in [-0.05, 0) is 13.3 Å². The molecular formula is C13H21ClN2O. The molecule has 96 valence electrons. The highest BCUT2D eigenvalue weighted by molar-refractivity contribution is 6.27. The van der Waals surface area contributed by atoms with Gasteiger partial charge in [-0.1, -0.05) is 30.9 Å². The zero-order valence-corrected chi connectivity index (χ0v) is 11.4. The molecule has 0 fully saturated rings. The van der Waals surface area contributed by atoms with Gasteiger partial charge in [-0.3, -0.25) is 4.79 Å². The van der Waals surface area contributed by atoms with Crippen molar-refractivity contribution in [1.82, 2.24) is 10.2 Å². The van der Waals surface area contributed by atoms with Gasteiger partial charge in [0, 0.05) is 19.3 Å². The van der Waals surface area contributed by atoms with Crippen molar-refractivity contribution in [3.8, 4) is 0 Å². The molecule has 0 saturated heterocycles. The van der Waals surface area contributed by atoms with Crippen molar-refractivity contribution in [2.45, 2.75) is 13.3 Å². The summed E-state index contributed by atoms with van der Waals surface area (Å²) in [5, 5.41) is 3.18. The van der Waals surface area contributed by atoms with Crippen LogP contribution >= 0.6 is 11.6 Å². The lowest BCUT2D eigenvalue weighted by Crippen LogP contribution is -2.33. The number of allylic oxidation sites excluding steroid dienone is 2. The van der Waals surface area contributed by atoms with E-state index in [0.717, 1.165) is 18.7 Å². The molecular weight excluding hydrogens is 236 g/mol. The van der Waals surface area contributed by atoms with E-state index in [4.69, 9.17) is 11.6 Å². The summed E-state index contributed by atoms with van der Waals surface area (Å²) >= 11 is 5.45. The van der Waals surface area contributed by atoms with E-state index >= 15 is 0 Å². The van der Waals surface area contributed by atoms with Crippen molar-refractivity contribution in [2.24, 2.45) is 0 Å². The summed E-state index contributed by atoms with van der Waals surface area (Å²) in [6, 6.07) is 0. The first-order chi connectivity index (χ1) is 8.01. The minimum absolute atomic E-state index is 0.00492. The number of nitrogens with zero attached hydrogens (tertiary/aromatic N) is 1. The molecule has 0 bridgehead atoms. The number of nitrogens with one attached hydrogen (secondary N) is 1. The molecule has 17 heavy (non-hydrogen) atoms. The van der Waals surface area contributed by atoms with Crippen molar-refractivity contribution < 1.29 is 4.79 Å². The zero-order valence-electron chi connectivity index (χ0n) is 10.6. The van der Waals surface area contributed by atoms with Gasteiger partial charge in [-0.25, -0.2) is 0 Å². The summed E-state index contributed by atoms with van der Waals surface area (Å²) in [6.07, 6.45) is 4.68. The number of hydrogen-bond donors (Lipinski definition) is 1. The molecule has 1 amide bonds. The standard InChI is InChI=1S/C13H21ClN2O/c1-5-6-11(2)7-8-15-12(3)10-16(4)13(17)9-14/h5-6,15H,1,3,7-10H2,2,4H3/b11-6+. The molecule has 0 aromatic heterocycles. The third-order valence-corrected chi connectivity index (χ3v) is 2.49. The second-order valence-electron chi connectivity index (χ2n) is 3.91. The van der Waals surface area contributed by atoms with E-state index in [2.05, 4.69) is 25.4 Å². The van der Waals surface area contributed by atoms with Crippen molar-refractivity contribution in [1.29, 1.82) is 0 Å². The van der Waals surface area contributed by atoms with Gasteiger partial charge in [0.15, 0.2) is 0 Å². The number of hydrogen-bond acceptors (Lipinski definition) is 2. The predicted molar refractivity (Wildman–Crippen MR) is 74.1 cm³/mol. The third kappa shape index (κ3) is 7.64. The van der Waals surface area contributed by atoms with E-state index in [1.165, 1.54) is 5.57 Å². The van der Waals surface area contributed by atoms with Crippen LogP contribution < -0.4 is 5.32 Å². The second kappa shape index (κ2) is 8.88. The van der Waals surface area contributed by atoms with Crippen LogP contribution in [0.4, 0.5) is 0 Å². The largest absolute Gasteiger partial charge is 0.387 e. The first-order valence-electron chi connectivity index (χ1n) is 5.51. The highest BCUT2D eigenvalue weighted by Gasteiger charge is 2.07. The lowest BCUT2D eigenvalue weighted by Gasteiger charge is -2.18. The molecule has 0 aromatic rings. The summed E-state index contributed by atoms with van der Waals surface area (Å²) in [7, 11) is 1.71. The van der Waals surface area contributed by atoms with Crippen LogP contribution in [0.15, 0.2) is 36.6 Å². The fourth-order valence-corrected chi connectivity index (χ4v) is 1.46. The van der Waals surface area contributed by atoms with Gasteiger partial charge >= 0.3 is 0 Å². The summed E-state index contributed by atoms with van der Waals surface area (Å²) in [6.45, 7) is 10.8. The highest BCUT2D eigenvalue weighted by Crippen LogP contribution is 1.99. The summed E-state index contributed by atoms with van der Waals surface area (Å²) in [5.74, 6) is -0.0948. The highest BCUT2D eigenvalue weighted by atomic mass is 35.5. The molecule has 0 unspecified atom stereocenters. The topological polar surface area (TPSA) is 32.3 Å². The van der Waals surface area contributed by atoms with Gasteiger partial charge in [0.1, 0.15) is 5.88 Å². The quantitative estimate of drug-likeness (QED) is 0.534. The molecule has 0 aliphatic rings. The Hall–Kier alpha value is -1.22. The lowest BCUT2D eigenvalue weighted by atomic mass is 10.2. The van der Waals surface area contributed by atoms with Crippen LogP contribution in [0.1, 0.15) is 13.3 Å². The Morgan fingerprint density at radius 3 is 2.71 bits per heavy atom. The molecule has 0 aromatic carbocycles. The molecule has 1 N–H and O–H groups in total. The molecule has 0 aliphatic carbocycles. The monoisotopic (exact) mass is 256 g/mol. The molecule has 3 nitrogen and oxygen atoms in total. The zero-order chi connectivity index (χ0) is 13.3. The maximum atomic E-state index is 11.2. The van der Waals surface area contributed by atoms with E-state index in [1.54, 1.807) is 18.0 Å². The van der Waals surface area contributed by atoms with Crippen LogP contribution in [0.25, 0.3) is 0 Å². The Morgan fingerprint density at radius 1 is 1.53 bits per heavy atom. The van der Waals surface area contributed by atoms with Gasteiger partial charge in [0.25, 0.3) is 0 Å². The Morgan fingerprint density at radius 2 is 2.18 bits per heavy atom. The molecule has 0 saturated carbocycles. The van der Waals surface area contributed by atoms with Crippen molar-refractivity contribution in [2.75, 3.05) is 26.0 Å². The molecule has 4 heteroatoms.